The molecule has 2 heterocycles. The second kappa shape index (κ2) is 11.4. The van der Waals surface area contributed by atoms with Gasteiger partial charge in [-0.1, -0.05) is 25.2 Å². The second-order valence-electron chi connectivity index (χ2n) is 11.3. The number of carbonyl (C=O) groups is 2. The molecule has 3 aliphatic rings. The van der Waals surface area contributed by atoms with Gasteiger partial charge >= 0.3 is 6.36 Å². The van der Waals surface area contributed by atoms with E-state index in [9.17, 15) is 22.8 Å². The molecule has 1 aliphatic carbocycles. The fraction of sp³-hybridized carbons (Fsp3) is 0.552. The molecule has 0 aromatic heterocycles. The Balaban J connectivity index is 1.55. The van der Waals surface area contributed by atoms with Crippen LogP contribution in [0.5, 0.6) is 11.5 Å². The highest BCUT2D eigenvalue weighted by Gasteiger charge is 2.52. The highest BCUT2D eigenvalue weighted by atomic mass is 19.4. The van der Waals surface area contributed by atoms with E-state index >= 15 is 0 Å². The molecular formula is C29H37F3N4O5. The topological polar surface area (TPSA) is 115 Å². The average molecular weight is 579 g/mol. The lowest BCUT2D eigenvalue weighted by molar-refractivity contribution is -0.274. The van der Waals surface area contributed by atoms with E-state index in [0.29, 0.717) is 37.2 Å². The number of fused-ring (bicyclic) bond motifs is 1. The molecule has 224 valence electrons. The summed E-state index contributed by atoms with van der Waals surface area (Å²) in [6, 6.07) is 2.70. The van der Waals surface area contributed by atoms with Gasteiger partial charge in [0.15, 0.2) is 5.96 Å². The van der Waals surface area contributed by atoms with Crippen LogP contribution in [0.2, 0.25) is 0 Å². The molecule has 4 unspecified atom stereocenters. The molecule has 0 bridgehead atoms. The summed E-state index contributed by atoms with van der Waals surface area (Å²) in [6.45, 7) is 9.73. The Hall–Kier alpha value is -3.54. The van der Waals surface area contributed by atoms with E-state index in [-0.39, 0.29) is 30.1 Å². The van der Waals surface area contributed by atoms with Crippen molar-refractivity contribution >= 4 is 17.8 Å². The molecule has 41 heavy (non-hydrogen) atoms. The molecular weight excluding hydrogens is 541 g/mol. The second-order valence-corrected chi connectivity index (χ2v) is 11.3. The number of halogens is 3. The number of aliphatic imine (C=N–C) groups is 1. The van der Waals surface area contributed by atoms with Crippen molar-refractivity contribution in [3.8, 4) is 11.5 Å². The van der Waals surface area contributed by atoms with Crippen molar-refractivity contribution in [3.05, 3.63) is 48.6 Å². The van der Waals surface area contributed by atoms with Crippen LogP contribution in [-0.4, -0.2) is 59.9 Å². The van der Waals surface area contributed by atoms with Crippen LogP contribution in [0.4, 0.5) is 13.2 Å². The maximum Gasteiger partial charge on any atom is 0.573 e. The number of nitrogens with two attached hydrogens (primary N) is 1. The van der Waals surface area contributed by atoms with Gasteiger partial charge in [0, 0.05) is 25.0 Å². The number of hydrogen-bond donors (Lipinski definition) is 2. The van der Waals surface area contributed by atoms with Crippen LogP contribution >= 0.6 is 0 Å². The van der Waals surface area contributed by atoms with Crippen LogP contribution in [0.1, 0.15) is 58.1 Å². The number of nitrogens with one attached hydrogen (secondary N) is 1. The first-order valence-corrected chi connectivity index (χ1v) is 13.6. The lowest BCUT2D eigenvalue weighted by Gasteiger charge is -2.39. The third-order valence-corrected chi connectivity index (χ3v) is 7.80. The molecule has 3 N–H and O–H groups in total. The van der Waals surface area contributed by atoms with Gasteiger partial charge in [-0.25, -0.2) is 4.99 Å². The van der Waals surface area contributed by atoms with Crippen molar-refractivity contribution in [1.82, 2.24) is 10.2 Å². The third-order valence-electron chi connectivity index (χ3n) is 7.80. The van der Waals surface area contributed by atoms with Gasteiger partial charge in [0.05, 0.1) is 30.7 Å². The molecule has 9 nitrogen and oxygen atoms in total. The summed E-state index contributed by atoms with van der Waals surface area (Å²) in [5.41, 5.74) is 5.27. The molecule has 1 saturated carbocycles. The summed E-state index contributed by atoms with van der Waals surface area (Å²) in [6.07, 6.45) is 1.86. The number of ether oxygens (including phenoxy) is 3. The van der Waals surface area contributed by atoms with Crippen LogP contribution in [-0.2, 0) is 14.3 Å². The summed E-state index contributed by atoms with van der Waals surface area (Å²) in [7, 11) is 1.55. The minimum absolute atomic E-state index is 0.0680. The van der Waals surface area contributed by atoms with Gasteiger partial charge in [0.1, 0.15) is 17.1 Å². The van der Waals surface area contributed by atoms with Crippen LogP contribution in [0, 0.1) is 11.8 Å². The van der Waals surface area contributed by atoms with E-state index in [1.54, 1.807) is 19.3 Å². The Bertz CT molecular complexity index is 1250. The molecule has 4 rings (SSSR count). The highest BCUT2D eigenvalue weighted by Crippen LogP contribution is 2.47. The number of rotatable bonds is 10. The number of methoxy groups -OCH3 is 1. The van der Waals surface area contributed by atoms with E-state index in [1.807, 2.05) is 26.8 Å². The first-order valence-electron chi connectivity index (χ1n) is 13.6. The first kappa shape index (κ1) is 30.4. The minimum Gasteiger partial charge on any atom is -0.487 e. The minimum atomic E-state index is -4.85. The molecule has 0 saturated heterocycles. The summed E-state index contributed by atoms with van der Waals surface area (Å²) >= 11 is 0. The third kappa shape index (κ3) is 6.86. The summed E-state index contributed by atoms with van der Waals surface area (Å²) in [4.78, 5) is 32.9. The number of benzene rings is 1. The van der Waals surface area contributed by atoms with Crippen molar-refractivity contribution in [3.63, 3.8) is 0 Å². The van der Waals surface area contributed by atoms with E-state index in [4.69, 9.17) is 15.2 Å². The van der Waals surface area contributed by atoms with Gasteiger partial charge in [-0.2, -0.15) is 0 Å². The van der Waals surface area contributed by atoms with Gasteiger partial charge in [0.2, 0.25) is 11.8 Å². The van der Waals surface area contributed by atoms with Crippen molar-refractivity contribution in [2.75, 3.05) is 13.7 Å². The molecule has 0 radical (unpaired) electrons. The number of alkyl halides is 3. The first-order chi connectivity index (χ1) is 19.2. The molecule has 0 spiro atoms. The lowest BCUT2D eigenvalue weighted by atomic mass is 9.89. The lowest BCUT2D eigenvalue weighted by Crippen LogP contribution is -2.55. The van der Waals surface area contributed by atoms with Crippen molar-refractivity contribution < 1.29 is 37.0 Å². The number of guanidine groups is 1. The molecule has 2 amide bonds. The van der Waals surface area contributed by atoms with E-state index in [1.165, 1.54) is 23.1 Å². The number of amides is 2. The number of carbonyl (C=O) groups excluding carboxylic acids is 2. The predicted octanol–water partition coefficient (Wildman–Crippen LogP) is 4.39. The van der Waals surface area contributed by atoms with Crippen LogP contribution in [0.15, 0.2) is 48.0 Å². The number of hydrogen-bond acceptors (Lipinski definition) is 7. The molecule has 1 aromatic carbocycles. The van der Waals surface area contributed by atoms with Crippen LogP contribution in [0.3, 0.4) is 0 Å². The van der Waals surface area contributed by atoms with Gasteiger partial charge in [-0.3, -0.25) is 14.5 Å². The van der Waals surface area contributed by atoms with Crippen molar-refractivity contribution in [2.45, 2.75) is 76.0 Å². The molecule has 1 fully saturated rings. The normalized spacial score (nSPS) is 27.9. The average Bonchev–Trinajstić information content (AvgIpc) is 3.67. The smallest absolute Gasteiger partial charge is 0.487 e. The zero-order valence-electron chi connectivity index (χ0n) is 23.7. The van der Waals surface area contributed by atoms with Gasteiger partial charge in [-0.15, -0.1) is 19.8 Å². The predicted molar refractivity (Wildman–Crippen MR) is 146 cm³/mol. The monoisotopic (exact) mass is 578 g/mol. The molecule has 5 atom stereocenters. The Kier molecular flexibility index (Phi) is 8.45. The van der Waals surface area contributed by atoms with Gasteiger partial charge in [0.25, 0.3) is 0 Å². The van der Waals surface area contributed by atoms with Gasteiger partial charge < -0.3 is 25.3 Å². The summed E-state index contributed by atoms with van der Waals surface area (Å²) < 4.78 is 53.7. The van der Waals surface area contributed by atoms with Crippen LogP contribution in [0.25, 0.3) is 0 Å². The standard InChI is InChI=1S/C29H37F3N4O5/c1-6-28(7-2)16-24(37)36(26(33)35-28)22(9-8-12-39-5)18-14-19(18)25(38)34-21-15-27(3,4)41-23-11-10-17(13-20(21)23)40-29(30,31)32/h6,8-11,13,18-19,21-22H,1,7,12,14-16H2,2-5H3,(H2,33,35)(H,34,38)/b9-8+/t18?,19?,21?,22?,28-/m1/s1. The fourth-order valence-electron chi connectivity index (χ4n) is 5.62. The summed E-state index contributed by atoms with van der Waals surface area (Å²) in [5.74, 6) is -1.14. The molecule has 12 heteroatoms. The number of nitrogens with zero attached hydrogens (tertiary/aromatic N) is 2. The Morgan fingerprint density at radius 1 is 1.39 bits per heavy atom. The van der Waals surface area contributed by atoms with E-state index in [0.717, 1.165) is 0 Å². The maximum atomic E-state index is 13.5. The van der Waals surface area contributed by atoms with Gasteiger partial charge in [-0.05, 0) is 50.8 Å². The maximum absolute atomic E-state index is 13.5. The highest BCUT2D eigenvalue weighted by molar-refractivity contribution is 6.00. The Morgan fingerprint density at radius 2 is 2.12 bits per heavy atom. The largest absolute Gasteiger partial charge is 0.573 e. The zero-order valence-corrected chi connectivity index (χ0v) is 23.7. The molecule has 2 aliphatic heterocycles. The Labute approximate surface area is 237 Å². The van der Waals surface area contributed by atoms with E-state index < -0.39 is 41.3 Å². The quantitative estimate of drug-likeness (QED) is 0.398. The Morgan fingerprint density at radius 3 is 2.73 bits per heavy atom. The van der Waals surface area contributed by atoms with E-state index in [2.05, 4.69) is 21.6 Å². The fourth-order valence-corrected chi connectivity index (χ4v) is 5.62. The SMILES string of the molecule is C=C[C@@]1(CC)CC(=O)N(C(/C=C/COC)C2CC2C(=O)NC2CC(C)(C)Oc3ccc(OC(F)(F)F)cc32)C(N)=N1. The zero-order chi connectivity index (χ0) is 30.2. The van der Waals surface area contributed by atoms with Crippen molar-refractivity contribution in [2.24, 2.45) is 22.6 Å². The van der Waals surface area contributed by atoms with Crippen molar-refractivity contribution in [1.29, 1.82) is 0 Å². The summed E-state index contributed by atoms with van der Waals surface area (Å²) in [5, 5.41) is 3.01. The van der Waals surface area contributed by atoms with Crippen LogP contribution < -0.4 is 20.5 Å². The molecule has 1 aromatic rings.